The molecule has 1 amide bonds. The molecule has 7 heteroatoms. The number of allylic oxidation sites excluding steroid dienone is 1. The van der Waals surface area contributed by atoms with Crippen LogP contribution in [-0.4, -0.2) is 23.7 Å². The molecule has 4 nitrogen and oxygen atoms in total. The number of benzene rings is 2. The molecule has 0 saturated heterocycles. The van der Waals surface area contributed by atoms with Crippen LogP contribution < -0.4 is 5.32 Å². The first-order valence-electron chi connectivity index (χ1n) is 9.90. The number of aromatic nitrogens is 1. The van der Waals surface area contributed by atoms with Crippen LogP contribution in [0.15, 0.2) is 71.4 Å². The van der Waals surface area contributed by atoms with Crippen molar-refractivity contribution < 1.29 is 18.0 Å². The van der Waals surface area contributed by atoms with E-state index in [1.165, 1.54) is 12.1 Å². The normalized spacial score (nSPS) is 16.6. The van der Waals surface area contributed by atoms with Gasteiger partial charge in [0, 0.05) is 41.2 Å². The van der Waals surface area contributed by atoms with E-state index >= 15 is 0 Å². The lowest BCUT2D eigenvalue weighted by atomic mass is 9.97. The molecule has 1 aliphatic rings. The molecule has 0 aliphatic carbocycles. The third-order valence-corrected chi connectivity index (χ3v) is 5.33. The highest BCUT2D eigenvalue weighted by Crippen LogP contribution is 2.31. The third kappa shape index (κ3) is 4.66. The summed E-state index contributed by atoms with van der Waals surface area (Å²) in [5.41, 5.74) is 2.67. The van der Waals surface area contributed by atoms with Gasteiger partial charge in [0.1, 0.15) is 0 Å². The maximum atomic E-state index is 12.8. The number of halogens is 3. The van der Waals surface area contributed by atoms with Gasteiger partial charge in [-0.3, -0.25) is 14.8 Å². The first-order chi connectivity index (χ1) is 14.8. The molecule has 1 aromatic heterocycles. The van der Waals surface area contributed by atoms with Crippen molar-refractivity contribution in [1.82, 2.24) is 4.98 Å². The van der Waals surface area contributed by atoms with E-state index < -0.39 is 11.7 Å². The summed E-state index contributed by atoms with van der Waals surface area (Å²) in [5, 5.41) is 3.74. The van der Waals surface area contributed by atoms with Crippen LogP contribution in [0.2, 0.25) is 0 Å². The molecule has 1 aliphatic heterocycles. The summed E-state index contributed by atoms with van der Waals surface area (Å²) in [6, 6.07) is 12.3. The first kappa shape index (κ1) is 20.8. The number of alkyl halides is 3. The van der Waals surface area contributed by atoms with E-state index in [1.807, 2.05) is 19.1 Å². The summed E-state index contributed by atoms with van der Waals surface area (Å²) in [4.78, 5) is 21.3. The van der Waals surface area contributed by atoms with Gasteiger partial charge in [-0.05, 0) is 54.3 Å². The van der Waals surface area contributed by atoms with Gasteiger partial charge in [0.05, 0.1) is 11.1 Å². The molecule has 4 rings (SSSR count). The Morgan fingerprint density at radius 1 is 1.06 bits per heavy atom. The van der Waals surface area contributed by atoms with Gasteiger partial charge in [-0.2, -0.15) is 13.2 Å². The van der Waals surface area contributed by atoms with Gasteiger partial charge in [-0.15, -0.1) is 0 Å². The summed E-state index contributed by atoms with van der Waals surface area (Å²) in [7, 11) is 0. The van der Waals surface area contributed by atoms with Crippen LogP contribution in [0.4, 0.5) is 18.9 Å². The molecular weight excluding hydrogens is 403 g/mol. The Hall–Kier alpha value is -3.48. The van der Waals surface area contributed by atoms with Crippen LogP contribution >= 0.6 is 0 Å². The van der Waals surface area contributed by atoms with Crippen LogP contribution in [0.5, 0.6) is 0 Å². The summed E-state index contributed by atoms with van der Waals surface area (Å²) in [6.45, 7) is 2.71. The van der Waals surface area contributed by atoms with E-state index in [9.17, 15) is 18.0 Å². The number of anilines is 1. The molecule has 0 spiro atoms. The predicted octanol–water partition coefficient (Wildman–Crippen LogP) is 5.90. The predicted molar refractivity (Wildman–Crippen MR) is 116 cm³/mol. The van der Waals surface area contributed by atoms with E-state index in [1.54, 1.807) is 30.6 Å². The van der Waals surface area contributed by atoms with Crippen molar-refractivity contribution in [2.45, 2.75) is 19.5 Å². The summed E-state index contributed by atoms with van der Waals surface area (Å²) in [6.07, 6.45) is 1.49. The fourth-order valence-corrected chi connectivity index (χ4v) is 3.51. The second kappa shape index (κ2) is 8.34. The highest BCUT2D eigenvalue weighted by molar-refractivity contribution is 6.07. The minimum absolute atomic E-state index is 0.118. The molecule has 0 bridgehead atoms. The molecule has 158 valence electrons. The molecule has 1 N–H and O–H groups in total. The second-order valence-electron chi connectivity index (χ2n) is 7.53. The van der Waals surface area contributed by atoms with Gasteiger partial charge in [0.25, 0.3) is 5.91 Å². The largest absolute Gasteiger partial charge is 0.416 e. The number of hydrogen-bond donors (Lipinski definition) is 1. The van der Waals surface area contributed by atoms with Crippen molar-refractivity contribution in [3.63, 3.8) is 0 Å². The Morgan fingerprint density at radius 3 is 2.58 bits per heavy atom. The van der Waals surface area contributed by atoms with E-state index in [0.717, 1.165) is 29.5 Å². The third-order valence-electron chi connectivity index (χ3n) is 5.33. The Morgan fingerprint density at radius 2 is 1.84 bits per heavy atom. The van der Waals surface area contributed by atoms with Crippen molar-refractivity contribution in [2.24, 2.45) is 10.9 Å². The number of carbonyl (C=O) groups excluding carboxylic acids is 1. The minimum atomic E-state index is -4.36. The van der Waals surface area contributed by atoms with Gasteiger partial charge in [0.2, 0.25) is 0 Å². The zero-order chi connectivity index (χ0) is 22.0. The molecule has 3 aromatic rings. The smallest absolute Gasteiger partial charge is 0.322 e. The van der Waals surface area contributed by atoms with Crippen LogP contribution in [-0.2, 0) is 11.0 Å². The number of rotatable bonds is 3. The van der Waals surface area contributed by atoms with E-state index in [0.29, 0.717) is 28.9 Å². The maximum Gasteiger partial charge on any atom is 0.416 e. The Kier molecular flexibility index (Phi) is 5.59. The highest BCUT2D eigenvalue weighted by Gasteiger charge is 2.30. The van der Waals surface area contributed by atoms with E-state index in [-0.39, 0.29) is 11.8 Å². The molecule has 1 unspecified atom stereocenters. The average Bonchev–Trinajstić information content (AvgIpc) is 2.97. The molecule has 0 saturated carbocycles. The van der Waals surface area contributed by atoms with Crippen molar-refractivity contribution in [2.75, 3.05) is 11.9 Å². The van der Waals surface area contributed by atoms with Gasteiger partial charge in [-0.1, -0.05) is 25.1 Å². The number of pyridine rings is 1. The monoisotopic (exact) mass is 423 g/mol. The maximum absolute atomic E-state index is 12.8. The van der Waals surface area contributed by atoms with Gasteiger partial charge < -0.3 is 5.32 Å². The van der Waals surface area contributed by atoms with E-state index in [4.69, 9.17) is 0 Å². The van der Waals surface area contributed by atoms with E-state index in [2.05, 4.69) is 15.3 Å². The Labute approximate surface area is 177 Å². The zero-order valence-electron chi connectivity index (χ0n) is 16.8. The number of nitrogens with zero attached hydrogens (tertiary/aromatic N) is 2. The molecule has 1 atom stereocenters. The zero-order valence-corrected chi connectivity index (χ0v) is 16.8. The summed E-state index contributed by atoms with van der Waals surface area (Å²) >= 11 is 0. The summed E-state index contributed by atoms with van der Waals surface area (Å²) < 4.78 is 38.3. The quantitative estimate of drug-likeness (QED) is 0.571. The van der Waals surface area contributed by atoms with Crippen molar-refractivity contribution >= 4 is 28.7 Å². The highest BCUT2D eigenvalue weighted by atomic mass is 19.4. The van der Waals surface area contributed by atoms with Crippen molar-refractivity contribution in [3.05, 3.63) is 71.9 Å². The topological polar surface area (TPSA) is 54.4 Å². The lowest BCUT2D eigenvalue weighted by Crippen LogP contribution is -2.19. The Bertz CT molecular complexity index is 1180. The minimum Gasteiger partial charge on any atom is -0.322 e. The number of hydrogen-bond acceptors (Lipinski definition) is 3. The lowest BCUT2D eigenvalue weighted by Gasteiger charge is -2.14. The molecule has 0 fully saturated rings. The van der Waals surface area contributed by atoms with Crippen LogP contribution in [0, 0.1) is 5.92 Å². The molecule has 31 heavy (non-hydrogen) atoms. The first-order valence-corrected chi connectivity index (χ1v) is 9.90. The van der Waals surface area contributed by atoms with Crippen molar-refractivity contribution in [1.29, 1.82) is 0 Å². The van der Waals surface area contributed by atoms with Gasteiger partial charge in [0.15, 0.2) is 0 Å². The van der Waals surface area contributed by atoms with Crippen LogP contribution in [0.3, 0.4) is 0 Å². The SMILES string of the molecule is CC1CCN=CC=C1C(=O)Nc1ccc2cc(-c3ccc(C(F)(F)F)cc3)cnc2c1. The summed E-state index contributed by atoms with van der Waals surface area (Å²) in [5.74, 6) is -0.0473. The lowest BCUT2D eigenvalue weighted by molar-refractivity contribution is -0.137. The van der Waals surface area contributed by atoms with Gasteiger partial charge >= 0.3 is 6.18 Å². The number of aliphatic imine (C=N–C) groups is 1. The number of nitrogens with one attached hydrogen (secondary N) is 1. The Balaban J connectivity index is 1.55. The van der Waals surface area contributed by atoms with Crippen molar-refractivity contribution in [3.8, 4) is 11.1 Å². The molecule has 2 aromatic carbocycles. The number of amides is 1. The molecule has 2 heterocycles. The number of fused-ring (bicyclic) bond motifs is 1. The fraction of sp³-hybridized carbons (Fsp3) is 0.208. The fourth-order valence-electron chi connectivity index (χ4n) is 3.51. The number of carbonyl (C=O) groups is 1. The van der Waals surface area contributed by atoms with Gasteiger partial charge in [-0.25, -0.2) is 0 Å². The average molecular weight is 423 g/mol. The van der Waals surface area contributed by atoms with Crippen LogP contribution in [0.1, 0.15) is 18.9 Å². The second-order valence-corrected chi connectivity index (χ2v) is 7.53. The van der Waals surface area contributed by atoms with Crippen LogP contribution in [0.25, 0.3) is 22.0 Å². The molecular formula is C24H20F3N3O. The molecule has 0 radical (unpaired) electrons. The standard InChI is InChI=1S/C24H20F3N3O/c1-15-8-10-28-11-9-21(15)23(31)30-20-7-4-17-12-18(14-29-22(17)13-20)16-2-5-19(6-3-16)24(25,26)27/h2-7,9,11-15H,8,10H2,1H3,(H,30,31).